The van der Waals surface area contributed by atoms with Crippen molar-refractivity contribution in [1.82, 2.24) is 0 Å². The van der Waals surface area contributed by atoms with Crippen LogP contribution in [0.25, 0.3) is 0 Å². The van der Waals surface area contributed by atoms with Crippen LogP contribution < -0.4 is 14.9 Å². The second-order valence-electron chi connectivity index (χ2n) is 4.23. The maximum absolute atomic E-state index is 6.05. The van der Waals surface area contributed by atoms with E-state index in [2.05, 4.69) is 10.5 Å². The average Bonchev–Trinajstić information content (AvgIpc) is 2.89. The summed E-state index contributed by atoms with van der Waals surface area (Å²) in [7, 11) is 0. The number of hydrogen-bond acceptors (Lipinski definition) is 4. The summed E-state index contributed by atoms with van der Waals surface area (Å²) in [4.78, 5) is 0. The lowest BCUT2D eigenvalue weighted by atomic mass is 10.2. The summed E-state index contributed by atoms with van der Waals surface area (Å²) in [5.74, 6) is 1.42. The highest BCUT2D eigenvalue weighted by atomic mass is 35.5. The quantitative estimate of drug-likeness (QED) is 0.641. The molecule has 1 aliphatic rings. The molecule has 0 aromatic heterocycles. The van der Waals surface area contributed by atoms with E-state index < -0.39 is 0 Å². The number of rotatable bonds is 3. The first-order valence-electron chi connectivity index (χ1n) is 5.97. The molecule has 1 N–H and O–H groups in total. The van der Waals surface area contributed by atoms with Crippen LogP contribution in [0.4, 0.5) is 5.69 Å². The third-order valence-corrected chi connectivity index (χ3v) is 3.61. The van der Waals surface area contributed by atoms with E-state index in [1.807, 2.05) is 18.2 Å². The van der Waals surface area contributed by atoms with E-state index in [0.29, 0.717) is 26.5 Å². The first kappa shape index (κ1) is 14.3. The Morgan fingerprint density at radius 3 is 2.48 bits per heavy atom. The molecule has 1 heterocycles. The number of benzene rings is 2. The highest BCUT2D eigenvalue weighted by molar-refractivity contribution is 6.41. The number of anilines is 1. The number of fused-ring (bicyclic) bond motifs is 1. The maximum Gasteiger partial charge on any atom is 0.231 e. The molecule has 2 aromatic carbocycles. The molecular formula is C14H9Cl3N2O2. The Morgan fingerprint density at radius 2 is 1.71 bits per heavy atom. The molecule has 0 aliphatic carbocycles. The van der Waals surface area contributed by atoms with Gasteiger partial charge in [0.25, 0.3) is 0 Å². The van der Waals surface area contributed by atoms with Gasteiger partial charge < -0.3 is 9.47 Å². The summed E-state index contributed by atoms with van der Waals surface area (Å²) in [6.45, 7) is 0.240. The van der Waals surface area contributed by atoms with Crippen LogP contribution in [0, 0.1) is 0 Å². The van der Waals surface area contributed by atoms with E-state index in [0.717, 1.165) is 11.3 Å². The van der Waals surface area contributed by atoms with E-state index in [1.54, 1.807) is 18.3 Å². The molecule has 108 valence electrons. The smallest absolute Gasteiger partial charge is 0.231 e. The molecule has 0 bridgehead atoms. The Bertz CT molecular complexity index is 696. The van der Waals surface area contributed by atoms with Gasteiger partial charge in [0.05, 0.1) is 21.9 Å². The topological polar surface area (TPSA) is 42.9 Å². The molecular weight excluding hydrogens is 335 g/mol. The molecule has 2 aromatic rings. The number of ether oxygens (including phenoxy) is 2. The zero-order valence-corrected chi connectivity index (χ0v) is 12.8. The molecule has 21 heavy (non-hydrogen) atoms. The van der Waals surface area contributed by atoms with Gasteiger partial charge in [-0.25, -0.2) is 0 Å². The number of hydrazone groups is 1. The summed E-state index contributed by atoms with van der Waals surface area (Å²) >= 11 is 17.9. The fourth-order valence-corrected chi connectivity index (χ4v) is 2.72. The van der Waals surface area contributed by atoms with Crippen LogP contribution in [0.1, 0.15) is 5.56 Å². The summed E-state index contributed by atoms with van der Waals surface area (Å²) in [6.07, 6.45) is 1.63. The van der Waals surface area contributed by atoms with E-state index in [9.17, 15) is 0 Å². The van der Waals surface area contributed by atoms with Gasteiger partial charge in [-0.1, -0.05) is 34.8 Å². The minimum Gasteiger partial charge on any atom is -0.454 e. The molecule has 0 saturated carbocycles. The summed E-state index contributed by atoms with van der Waals surface area (Å²) < 4.78 is 10.5. The van der Waals surface area contributed by atoms with Gasteiger partial charge in [0.1, 0.15) is 0 Å². The molecule has 0 unspecified atom stereocenters. The Morgan fingerprint density at radius 1 is 1.00 bits per heavy atom. The van der Waals surface area contributed by atoms with Crippen molar-refractivity contribution < 1.29 is 9.47 Å². The highest BCUT2D eigenvalue weighted by Gasteiger charge is 2.12. The van der Waals surface area contributed by atoms with Gasteiger partial charge in [-0.15, -0.1) is 0 Å². The van der Waals surface area contributed by atoms with Crippen molar-refractivity contribution in [3.8, 4) is 11.5 Å². The summed E-state index contributed by atoms with van der Waals surface area (Å²) in [5.41, 5.74) is 4.15. The van der Waals surface area contributed by atoms with Crippen molar-refractivity contribution in [3.05, 3.63) is 51.0 Å². The van der Waals surface area contributed by atoms with Gasteiger partial charge in [-0.05, 0) is 35.9 Å². The predicted molar refractivity (Wildman–Crippen MR) is 85.3 cm³/mol. The first-order chi connectivity index (χ1) is 10.1. The Balaban J connectivity index is 1.76. The molecule has 1 aliphatic heterocycles. The van der Waals surface area contributed by atoms with Crippen LogP contribution in [-0.4, -0.2) is 13.0 Å². The molecule has 0 radical (unpaired) electrons. The molecule has 0 atom stereocenters. The van der Waals surface area contributed by atoms with Crippen LogP contribution >= 0.6 is 34.8 Å². The third-order valence-electron chi connectivity index (χ3n) is 2.79. The van der Waals surface area contributed by atoms with Crippen molar-refractivity contribution in [1.29, 1.82) is 0 Å². The zero-order valence-electron chi connectivity index (χ0n) is 10.6. The van der Waals surface area contributed by atoms with E-state index in [4.69, 9.17) is 44.3 Å². The lowest BCUT2D eigenvalue weighted by molar-refractivity contribution is 0.174. The van der Waals surface area contributed by atoms with Crippen LogP contribution in [0.2, 0.25) is 15.1 Å². The Hall–Kier alpha value is -1.62. The van der Waals surface area contributed by atoms with E-state index in [1.165, 1.54) is 0 Å². The molecule has 0 spiro atoms. The van der Waals surface area contributed by atoms with Crippen molar-refractivity contribution in [2.75, 3.05) is 12.2 Å². The van der Waals surface area contributed by atoms with Crippen molar-refractivity contribution in [2.45, 2.75) is 0 Å². The van der Waals surface area contributed by atoms with E-state index >= 15 is 0 Å². The monoisotopic (exact) mass is 342 g/mol. The standard InChI is InChI=1S/C14H9Cl3N2O2/c15-9-4-10(16)14(11(17)5-9)19-18-6-8-1-2-12-13(3-8)21-7-20-12/h1-6,19H,7H2/b18-6-. The maximum atomic E-state index is 6.05. The Labute approximate surface area is 136 Å². The number of halogens is 3. The fourth-order valence-electron chi connectivity index (χ4n) is 1.81. The van der Waals surface area contributed by atoms with Gasteiger partial charge in [0, 0.05) is 5.02 Å². The SMILES string of the molecule is Clc1cc(Cl)c(N/N=C\c2ccc3c(c2)OCO3)c(Cl)c1. The molecule has 0 fully saturated rings. The second kappa shape index (κ2) is 6.02. The van der Waals surface area contributed by atoms with Gasteiger partial charge >= 0.3 is 0 Å². The lowest BCUT2D eigenvalue weighted by Gasteiger charge is -2.06. The first-order valence-corrected chi connectivity index (χ1v) is 7.10. The molecule has 7 heteroatoms. The minimum absolute atomic E-state index is 0.240. The third kappa shape index (κ3) is 3.18. The zero-order chi connectivity index (χ0) is 14.8. The normalized spacial score (nSPS) is 12.9. The summed E-state index contributed by atoms with van der Waals surface area (Å²) in [6, 6.07) is 8.70. The molecule has 0 saturated heterocycles. The largest absolute Gasteiger partial charge is 0.454 e. The van der Waals surface area contributed by atoms with Crippen molar-refractivity contribution in [3.63, 3.8) is 0 Å². The van der Waals surface area contributed by atoms with Crippen molar-refractivity contribution in [2.24, 2.45) is 5.10 Å². The number of hydrogen-bond donors (Lipinski definition) is 1. The summed E-state index contributed by atoms with van der Waals surface area (Å²) in [5, 5.41) is 5.37. The van der Waals surface area contributed by atoms with Gasteiger partial charge in [0.15, 0.2) is 11.5 Å². The highest BCUT2D eigenvalue weighted by Crippen LogP contribution is 2.34. The molecule has 0 amide bonds. The molecule has 4 nitrogen and oxygen atoms in total. The predicted octanol–water partition coefficient (Wildman–Crippen LogP) is 4.82. The number of nitrogens with zero attached hydrogens (tertiary/aromatic N) is 1. The fraction of sp³-hybridized carbons (Fsp3) is 0.0714. The lowest BCUT2D eigenvalue weighted by Crippen LogP contribution is -1.93. The van der Waals surface area contributed by atoms with Crippen LogP contribution in [-0.2, 0) is 0 Å². The number of nitrogens with one attached hydrogen (secondary N) is 1. The minimum atomic E-state index is 0.240. The Kier molecular flexibility index (Phi) is 4.10. The van der Waals surface area contributed by atoms with Gasteiger partial charge in [-0.3, -0.25) is 5.43 Å². The van der Waals surface area contributed by atoms with Crippen LogP contribution in [0.5, 0.6) is 11.5 Å². The van der Waals surface area contributed by atoms with Gasteiger partial charge in [-0.2, -0.15) is 5.10 Å². The van der Waals surface area contributed by atoms with Crippen LogP contribution in [0.3, 0.4) is 0 Å². The second-order valence-corrected chi connectivity index (χ2v) is 5.48. The van der Waals surface area contributed by atoms with Crippen molar-refractivity contribution >= 4 is 46.7 Å². The average molecular weight is 344 g/mol. The molecule has 3 rings (SSSR count). The van der Waals surface area contributed by atoms with Crippen LogP contribution in [0.15, 0.2) is 35.4 Å². The van der Waals surface area contributed by atoms with E-state index in [-0.39, 0.29) is 6.79 Å². The van der Waals surface area contributed by atoms with Gasteiger partial charge in [0.2, 0.25) is 6.79 Å².